The highest BCUT2D eigenvalue weighted by Crippen LogP contribution is 2.29. The van der Waals surface area contributed by atoms with Crippen molar-refractivity contribution in [1.29, 1.82) is 0 Å². The lowest BCUT2D eigenvalue weighted by Gasteiger charge is -2.12. The van der Waals surface area contributed by atoms with Crippen molar-refractivity contribution in [3.8, 4) is 11.5 Å². The van der Waals surface area contributed by atoms with Crippen LogP contribution in [0.3, 0.4) is 0 Å². The lowest BCUT2D eigenvalue weighted by molar-refractivity contribution is 0.272. The number of hydrogen-bond donors (Lipinski definition) is 1. The van der Waals surface area contributed by atoms with Gasteiger partial charge in [-0.2, -0.15) is 4.91 Å². The molecule has 0 spiro atoms. The summed E-state index contributed by atoms with van der Waals surface area (Å²) in [7, 11) is 3.07. The molecule has 0 amide bonds. The predicted molar refractivity (Wildman–Crippen MR) is 59.8 cm³/mol. The molecule has 1 rings (SSSR count). The highest BCUT2D eigenvalue weighted by molar-refractivity contribution is 5.46. The summed E-state index contributed by atoms with van der Waals surface area (Å²) in [6.07, 6.45) is 0.495. The Labute approximate surface area is 94.0 Å². The molecule has 1 N–H and O–H groups in total. The van der Waals surface area contributed by atoms with Crippen LogP contribution in [0.2, 0.25) is 0 Å². The average Bonchev–Trinajstić information content (AvgIpc) is 2.35. The van der Waals surface area contributed by atoms with Gasteiger partial charge in [0.1, 0.15) is 11.5 Å². The number of ether oxygens (including phenoxy) is 2. The van der Waals surface area contributed by atoms with Crippen LogP contribution in [0.25, 0.3) is 0 Å². The van der Waals surface area contributed by atoms with E-state index in [1.807, 2.05) is 0 Å². The Morgan fingerprint density at radius 1 is 1.19 bits per heavy atom. The first kappa shape index (κ1) is 12.4. The monoisotopic (exact) mass is 225 g/mol. The van der Waals surface area contributed by atoms with Crippen molar-refractivity contribution in [1.82, 2.24) is 0 Å². The Bertz CT molecular complexity index is 365. The Morgan fingerprint density at radius 3 is 2.25 bits per heavy atom. The van der Waals surface area contributed by atoms with Crippen LogP contribution in [0.1, 0.15) is 11.1 Å². The van der Waals surface area contributed by atoms with Crippen LogP contribution >= 0.6 is 0 Å². The van der Waals surface area contributed by atoms with Crippen molar-refractivity contribution in [3.63, 3.8) is 0 Å². The Morgan fingerprint density at radius 2 is 1.75 bits per heavy atom. The molecule has 0 aromatic heterocycles. The minimum Gasteiger partial charge on any atom is -0.496 e. The largest absolute Gasteiger partial charge is 0.496 e. The Balaban J connectivity index is 3.09. The highest BCUT2D eigenvalue weighted by Gasteiger charge is 2.10. The van der Waals surface area contributed by atoms with E-state index in [0.29, 0.717) is 23.5 Å². The molecular formula is C11H15NO4. The topological polar surface area (TPSA) is 68.1 Å². The van der Waals surface area contributed by atoms with Gasteiger partial charge in [0, 0.05) is 5.56 Å². The number of aliphatic hydroxyl groups excluding tert-OH is 1. The van der Waals surface area contributed by atoms with Crippen LogP contribution in [0.4, 0.5) is 0 Å². The zero-order valence-corrected chi connectivity index (χ0v) is 9.40. The van der Waals surface area contributed by atoms with Gasteiger partial charge in [0.05, 0.1) is 27.4 Å². The van der Waals surface area contributed by atoms with Gasteiger partial charge in [-0.05, 0) is 24.1 Å². The third kappa shape index (κ3) is 2.70. The Kier molecular flexibility index (Phi) is 4.72. The molecule has 0 unspecified atom stereocenters. The van der Waals surface area contributed by atoms with E-state index in [4.69, 9.17) is 14.6 Å². The average molecular weight is 225 g/mol. The first-order chi connectivity index (χ1) is 7.76. The van der Waals surface area contributed by atoms with Gasteiger partial charge < -0.3 is 14.6 Å². The van der Waals surface area contributed by atoms with Crippen LogP contribution in [0.15, 0.2) is 17.3 Å². The van der Waals surface area contributed by atoms with Crippen LogP contribution in [-0.2, 0) is 13.0 Å². The molecule has 0 saturated carbocycles. The summed E-state index contributed by atoms with van der Waals surface area (Å²) in [6.45, 7) is 0.0731. The van der Waals surface area contributed by atoms with Crippen LogP contribution in [0.5, 0.6) is 11.5 Å². The van der Waals surface area contributed by atoms with Gasteiger partial charge in [-0.3, -0.25) is 0 Å². The van der Waals surface area contributed by atoms with Crippen LogP contribution in [-0.4, -0.2) is 25.9 Å². The summed E-state index contributed by atoms with van der Waals surface area (Å²) in [4.78, 5) is 10.1. The van der Waals surface area contributed by atoms with Crippen molar-refractivity contribution < 1.29 is 14.6 Å². The highest BCUT2D eigenvalue weighted by atomic mass is 16.5. The number of nitroso groups, excluding NO2 is 1. The van der Waals surface area contributed by atoms with Gasteiger partial charge in [0.25, 0.3) is 0 Å². The smallest absolute Gasteiger partial charge is 0.124 e. The molecule has 16 heavy (non-hydrogen) atoms. The zero-order valence-electron chi connectivity index (χ0n) is 9.40. The predicted octanol–water partition coefficient (Wildman–Crippen LogP) is 1.50. The van der Waals surface area contributed by atoms with Gasteiger partial charge in [-0.15, -0.1) is 0 Å². The van der Waals surface area contributed by atoms with E-state index in [0.717, 1.165) is 5.56 Å². The van der Waals surface area contributed by atoms with Gasteiger partial charge in [-0.1, -0.05) is 5.18 Å². The lowest BCUT2D eigenvalue weighted by Crippen LogP contribution is -1.99. The number of hydrogen-bond acceptors (Lipinski definition) is 5. The van der Waals surface area contributed by atoms with Crippen molar-refractivity contribution >= 4 is 0 Å². The summed E-state index contributed by atoms with van der Waals surface area (Å²) in [5.74, 6) is 1.22. The van der Waals surface area contributed by atoms with Crippen molar-refractivity contribution in [2.75, 3.05) is 20.8 Å². The van der Waals surface area contributed by atoms with Crippen molar-refractivity contribution in [2.24, 2.45) is 5.18 Å². The van der Waals surface area contributed by atoms with E-state index in [9.17, 15) is 4.91 Å². The molecule has 1 aromatic rings. The van der Waals surface area contributed by atoms with Crippen molar-refractivity contribution in [3.05, 3.63) is 28.2 Å². The molecule has 0 radical (unpaired) electrons. The third-order valence-corrected chi connectivity index (χ3v) is 2.33. The number of aliphatic hydroxyl groups is 1. The Hall–Kier alpha value is -1.62. The second kappa shape index (κ2) is 6.07. The fraction of sp³-hybridized carbons (Fsp3) is 0.455. The second-order valence-corrected chi connectivity index (χ2v) is 3.24. The first-order valence-corrected chi connectivity index (χ1v) is 4.90. The lowest BCUT2D eigenvalue weighted by atomic mass is 10.1. The third-order valence-electron chi connectivity index (χ3n) is 2.33. The zero-order chi connectivity index (χ0) is 12.0. The fourth-order valence-electron chi connectivity index (χ4n) is 1.51. The summed E-state index contributed by atoms with van der Waals surface area (Å²) in [5.41, 5.74) is 1.50. The molecule has 0 aliphatic rings. The minimum absolute atomic E-state index is 0.119. The van der Waals surface area contributed by atoms with Crippen LogP contribution in [0, 0.1) is 4.91 Å². The molecule has 5 nitrogen and oxygen atoms in total. The molecule has 0 aliphatic carbocycles. The maximum atomic E-state index is 10.1. The van der Waals surface area contributed by atoms with E-state index < -0.39 is 0 Å². The molecule has 0 saturated heterocycles. The van der Waals surface area contributed by atoms with Gasteiger partial charge >= 0.3 is 0 Å². The number of benzene rings is 1. The van der Waals surface area contributed by atoms with E-state index in [1.54, 1.807) is 19.2 Å². The number of methoxy groups -OCH3 is 2. The molecule has 0 bridgehead atoms. The minimum atomic E-state index is -0.119. The quantitative estimate of drug-likeness (QED) is 0.745. The summed E-state index contributed by atoms with van der Waals surface area (Å²) >= 11 is 0. The fourth-order valence-corrected chi connectivity index (χ4v) is 1.51. The molecule has 0 aliphatic heterocycles. The van der Waals surface area contributed by atoms with Crippen LogP contribution < -0.4 is 9.47 Å². The normalized spacial score (nSPS) is 9.94. The first-order valence-electron chi connectivity index (χ1n) is 4.90. The van der Waals surface area contributed by atoms with Crippen molar-refractivity contribution in [2.45, 2.75) is 13.0 Å². The number of nitrogens with zero attached hydrogens (tertiary/aromatic N) is 1. The summed E-state index contributed by atoms with van der Waals surface area (Å²) < 4.78 is 10.3. The SMILES string of the molecule is COc1cc(CCN=O)c(OC)cc1CO. The van der Waals surface area contributed by atoms with E-state index in [2.05, 4.69) is 5.18 Å². The van der Waals surface area contributed by atoms with Gasteiger partial charge in [0.2, 0.25) is 0 Å². The molecule has 0 atom stereocenters. The molecule has 1 aromatic carbocycles. The summed E-state index contributed by atoms with van der Waals surface area (Å²) in [5, 5.41) is 11.9. The second-order valence-electron chi connectivity index (χ2n) is 3.24. The molecule has 88 valence electrons. The van der Waals surface area contributed by atoms with Gasteiger partial charge in [-0.25, -0.2) is 0 Å². The van der Waals surface area contributed by atoms with E-state index >= 15 is 0 Å². The molecular weight excluding hydrogens is 210 g/mol. The maximum absolute atomic E-state index is 10.1. The van der Waals surface area contributed by atoms with E-state index in [-0.39, 0.29) is 13.2 Å². The standard InChI is InChI=1S/C11H15NO4/c1-15-10-6-9(7-13)11(16-2)5-8(10)3-4-12-14/h5-6,13H,3-4,7H2,1-2H3. The van der Waals surface area contributed by atoms with Gasteiger partial charge in [0.15, 0.2) is 0 Å². The maximum Gasteiger partial charge on any atom is 0.124 e. The molecule has 0 heterocycles. The van der Waals surface area contributed by atoms with E-state index in [1.165, 1.54) is 7.11 Å². The molecule has 0 fully saturated rings. The summed E-state index contributed by atoms with van der Waals surface area (Å²) in [6, 6.07) is 3.47. The molecule has 5 heteroatoms. The number of rotatable bonds is 6.